The zero-order valence-electron chi connectivity index (χ0n) is 25.2. The molecular formula is C36H43N3O4. The van der Waals surface area contributed by atoms with Crippen molar-refractivity contribution in [1.82, 2.24) is 14.9 Å². The van der Waals surface area contributed by atoms with Gasteiger partial charge in [-0.25, -0.2) is 9.78 Å². The number of pyridine rings is 1. The largest absolute Gasteiger partial charge is 0.435 e. The summed E-state index contributed by atoms with van der Waals surface area (Å²) in [5.41, 5.74) is 4.84. The third-order valence-electron chi connectivity index (χ3n) is 8.65. The number of benzene rings is 2. The van der Waals surface area contributed by atoms with Crippen molar-refractivity contribution in [1.29, 1.82) is 0 Å². The predicted octanol–water partition coefficient (Wildman–Crippen LogP) is 7.54. The third kappa shape index (κ3) is 8.11. The number of hydrogen-bond donors (Lipinski definition) is 1. The van der Waals surface area contributed by atoms with E-state index >= 15 is 0 Å². The summed E-state index contributed by atoms with van der Waals surface area (Å²) in [7, 11) is 1.48. The van der Waals surface area contributed by atoms with Crippen LogP contribution in [0, 0.1) is 11.8 Å². The molecule has 5 rings (SSSR count). The van der Waals surface area contributed by atoms with E-state index in [0.717, 1.165) is 49.9 Å². The SMILES string of the molecule is COCOC(=O)c1ccc(CNC(=O)C(CCCCn2cc(-c3ccccc3)c3cccnc32)C2CCCCCC2)cc1. The summed E-state index contributed by atoms with van der Waals surface area (Å²) in [5.74, 6) is 0.167. The Bertz CT molecular complexity index is 1460. The molecule has 0 saturated heterocycles. The lowest BCUT2D eigenvalue weighted by Crippen LogP contribution is -2.35. The fourth-order valence-electron chi connectivity index (χ4n) is 6.36. The lowest BCUT2D eigenvalue weighted by atomic mass is 9.82. The number of nitrogens with one attached hydrogen (secondary N) is 1. The lowest BCUT2D eigenvalue weighted by molar-refractivity contribution is -0.127. The molecule has 1 aliphatic rings. The fourth-order valence-corrected chi connectivity index (χ4v) is 6.36. The Morgan fingerprint density at radius 2 is 1.72 bits per heavy atom. The number of unbranched alkanes of at least 4 members (excludes halogenated alkanes) is 1. The first-order valence-electron chi connectivity index (χ1n) is 15.7. The first-order valence-corrected chi connectivity index (χ1v) is 15.7. The molecule has 4 aromatic rings. The first-order chi connectivity index (χ1) is 21.1. The van der Waals surface area contributed by atoms with E-state index in [0.29, 0.717) is 18.0 Å². The summed E-state index contributed by atoms with van der Waals surface area (Å²) in [6.45, 7) is 1.24. The van der Waals surface area contributed by atoms with Gasteiger partial charge in [0.1, 0.15) is 5.65 Å². The Balaban J connectivity index is 1.20. The lowest BCUT2D eigenvalue weighted by Gasteiger charge is -2.25. The van der Waals surface area contributed by atoms with Crippen molar-refractivity contribution in [3.8, 4) is 11.1 Å². The standard InChI is InChI=1S/C36H43N3O4/c1-42-26-43-36(41)30-20-18-27(19-21-30)24-38-35(40)31(28-12-5-2-3-6-13-28)16-9-10-23-39-25-33(29-14-7-4-8-15-29)32-17-11-22-37-34(32)39/h4,7-8,11,14-15,17-22,25,28,31H,2-3,5-6,9-10,12-13,16,23-24,26H2,1H3,(H,38,40). The minimum atomic E-state index is -0.425. The van der Waals surface area contributed by atoms with Crippen LogP contribution in [-0.4, -0.2) is 35.3 Å². The summed E-state index contributed by atoms with van der Waals surface area (Å²) in [4.78, 5) is 30.4. The van der Waals surface area contributed by atoms with Gasteiger partial charge in [-0.1, -0.05) is 74.6 Å². The Morgan fingerprint density at radius 1 is 0.953 bits per heavy atom. The van der Waals surface area contributed by atoms with Crippen molar-refractivity contribution in [3.63, 3.8) is 0 Å². The van der Waals surface area contributed by atoms with Gasteiger partial charge < -0.3 is 19.4 Å². The molecule has 7 nitrogen and oxygen atoms in total. The summed E-state index contributed by atoms with van der Waals surface area (Å²) in [5, 5.41) is 4.38. The number of methoxy groups -OCH3 is 1. The molecule has 1 atom stereocenters. The molecule has 1 amide bonds. The molecule has 1 fully saturated rings. The Labute approximate surface area is 254 Å². The van der Waals surface area contributed by atoms with E-state index in [2.05, 4.69) is 46.4 Å². The minimum Gasteiger partial charge on any atom is -0.435 e. The third-order valence-corrected chi connectivity index (χ3v) is 8.65. The molecule has 0 bridgehead atoms. The number of carbonyl (C=O) groups is 2. The van der Waals surface area contributed by atoms with Crippen LogP contribution in [0.25, 0.3) is 22.2 Å². The number of hydrogen-bond acceptors (Lipinski definition) is 5. The van der Waals surface area contributed by atoms with Crippen molar-refractivity contribution in [2.75, 3.05) is 13.9 Å². The summed E-state index contributed by atoms with van der Waals surface area (Å²) in [6, 6.07) is 21.8. The van der Waals surface area contributed by atoms with Gasteiger partial charge in [-0.15, -0.1) is 0 Å². The van der Waals surface area contributed by atoms with Crippen LogP contribution in [0.2, 0.25) is 0 Å². The molecule has 2 heterocycles. The van der Waals surface area contributed by atoms with Crippen molar-refractivity contribution in [3.05, 3.63) is 90.3 Å². The van der Waals surface area contributed by atoms with Crippen LogP contribution >= 0.6 is 0 Å². The van der Waals surface area contributed by atoms with Crippen molar-refractivity contribution in [2.45, 2.75) is 70.9 Å². The van der Waals surface area contributed by atoms with Crippen LogP contribution in [0.15, 0.2) is 79.1 Å². The Morgan fingerprint density at radius 3 is 2.47 bits per heavy atom. The van der Waals surface area contributed by atoms with Crippen LogP contribution in [0.5, 0.6) is 0 Å². The molecule has 1 unspecified atom stereocenters. The second-order valence-electron chi connectivity index (χ2n) is 11.6. The van der Waals surface area contributed by atoms with Crippen molar-refractivity contribution >= 4 is 22.9 Å². The molecule has 1 saturated carbocycles. The van der Waals surface area contributed by atoms with Crippen molar-refractivity contribution in [2.24, 2.45) is 11.8 Å². The normalized spacial score (nSPS) is 14.7. The Kier molecular flexibility index (Phi) is 11.0. The van der Waals surface area contributed by atoms with Gasteiger partial charge in [-0.2, -0.15) is 0 Å². The maximum Gasteiger partial charge on any atom is 0.340 e. The molecule has 0 aliphatic heterocycles. The van der Waals surface area contributed by atoms with E-state index in [1.807, 2.05) is 30.5 Å². The highest BCUT2D eigenvalue weighted by molar-refractivity contribution is 5.94. The molecule has 1 aliphatic carbocycles. The number of aromatic nitrogens is 2. The van der Waals surface area contributed by atoms with Crippen LogP contribution < -0.4 is 5.32 Å². The number of ether oxygens (including phenoxy) is 2. The number of fused-ring (bicyclic) bond motifs is 1. The van der Waals surface area contributed by atoms with Gasteiger partial charge in [-0.05, 0) is 67.0 Å². The average molecular weight is 582 g/mol. The van der Waals surface area contributed by atoms with E-state index in [4.69, 9.17) is 14.5 Å². The van der Waals surface area contributed by atoms with Gasteiger partial charge in [0.2, 0.25) is 5.91 Å². The maximum atomic E-state index is 13.6. The van der Waals surface area contributed by atoms with Gasteiger partial charge >= 0.3 is 5.97 Å². The summed E-state index contributed by atoms with van der Waals surface area (Å²) >= 11 is 0. The quantitative estimate of drug-likeness (QED) is 0.0764. The number of amides is 1. The second-order valence-corrected chi connectivity index (χ2v) is 11.6. The molecule has 2 aromatic carbocycles. The molecule has 1 N–H and O–H groups in total. The van der Waals surface area contributed by atoms with Gasteiger partial charge in [0.25, 0.3) is 0 Å². The molecule has 226 valence electrons. The highest BCUT2D eigenvalue weighted by Gasteiger charge is 2.28. The maximum absolute atomic E-state index is 13.6. The number of carbonyl (C=O) groups excluding carboxylic acids is 2. The van der Waals surface area contributed by atoms with E-state index in [9.17, 15) is 9.59 Å². The molecule has 2 aromatic heterocycles. The van der Waals surface area contributed by atoms with Crippen LogP contribution in [0.1, 0.15) is 73.7 Å². The number of aryl methyl sites for hydroxylation is 1. The highest BCUT2D eigenvalue weighted by atomic mass is 16.7. The predicted molar refractivity (Wildman–Crippen MR) is 169 cm³/mol. The molecule has 0 spiro atoms. The Hall–Kier alpha value is -3.97. The number of nitrogens with zero attached hydrogens (tertiary/aromatic N) is 2. The first kappa shape index (κ1) is 30.5. The molecule has 43 heavy (non-hydrogen) atoms. The van der Waals surface area contributed by atoms with Gasteiger partial charge in [-0.3, -0.25) is 4.79 Å². The smallest absolute Gasteiger partial charge is 0.340 e. The molecular weight excluding hydrogens is 538 g/mol. The fraction of sp³-hybridized carbons (Fsp3) is 0.417. The zero-order chi connectivity index (χ0) is 29.9. The van der Waals surface area contributed by atoms with Crippen LogP contribution in [0.3, 0.4) is 0 Å². The van der Waals surface area contributed by atoms with Crippen molar-refractivity contribution < 1.29 is 19.1 Å². The van der Waals surface area contributed by atoms with E-state index in [1.165, 1.54) is 49.3 Å². The minimum absolute atomic E-state index is 0.0146. The molecule has 7 heteroatoms. The van der Waals surface area contributed by atoms with E-state index in [1.54, 1.807) is 12.1 Å². The van der Waals surface area contributed by atoms with Gasteiger partial charge in [0.15, 0.2) is 6.79 Å². The zero-order valence-corrected chi connectivity index (χ0v) is 25.2. The summed E-state index contributed by atoms with van der Waals surface area (Å²) in [6.07, 6.45) is 14.2. The van der Waals surface area contributed by atoms with Crippen LogP contribution in [0.4, 0.5) is 0 Å². The van der Waals surface area contributed by atoms with Crippen LogP contribution in [-0.2, 0) is 27.4 Å². The van der Waals surface area contributed by atoms with E-state index in [-0.39, 0.29) is 18.6 Å². The number of esters is 1. The second kappa shape index (κ2) is 15.5. The average Bonchev–Trinajstić information content (AvgIpc) is 3.20. The van der Waals surface area contributed by atoms with Gasteiger partial charge in [0, 0.05) is 49.5 Å². The molecule has 0 radical (unpaired) electrons. The highest BCUT2D eigenvalue weighted by Crippen LogP contribution is 2.33. The summed E-state index contributed by atoms with van der Waals surface area (Å²) < 4.78 is 12.1. The van der Waals surface area contributed by atoms with Gasteiger partial charge in [0.05, 0.1) is 5.56 Å². The monoisotopic (exact) mass is 581 g/mol. The number of rotatable bonds is 13. The topological polar surface area (TPSA) is 82.5 Å². The van der Waals surface area contributed by atoms with E-state index < -0.39 is 5.97 Å².